The molecule has 0 aromatic heterocycles. The van der Waals surface area contributed by atoms with E-state index in [9.17, 15) is 4.79 Å². The van der Waals surface area contributed by atoms with Crippen LogP contribution in [0.25, 0.3) is 0 Å². The molecule has 0 aromatic carbocycles. The lowest BCUT2D eigenvalue weighted by Crippen LogP contribution is -2.58. The third-order valence-corrected chi connectivity index (χ3v) is 5.96. The molecule has 2 aliphatic heterocycles. The van der Waals surface area contributed by atoms with Crippen LogP contribution in [0.2, 0.25) is 0 Å². The van der Waals surface area contributed by atoms with Crippen LogP contribution in [-0.4, -0.2) is 23.3 Å². The number of ether oxygens (including phenoxy) is 2. The Morgan fingerprint density at radius 3 is 2.89 bits per heavy atom. The first-order valence-electron chi connectivity index (χ1n) is 8.65. The summed E-state index contributed by atoms with van der Waals surface area (Å²) in [5, 5.41) is 0. The predicted octanol–water partition coefficient (Wildman–Crippen LogP) is 2.53. The van der Waals surface area contributed by atoms with Gasteiger partial charge in [0, 0.05) is 15.9 Å². The number of carbonyl (C=O) groups is 1. The van der Waals surface area contributed by atoms with Gasteiger partial charge in [0.25, 0.3) is 0 Å². The largest absolute Gasteiger partial charge is 0.455 e. The van der Waals surface area contributed by atoms with E-state index in [1.165, 1.54) is 0 Å². The summed E-state index contributed by atoms with van der Waals surface area (Å²) in [6.45, 7) is 1.98. The Hall–Kier alpha value is -0.570. The van der Waals surface area contributed by atoms with E-state index in [2.05, 4.69) is 6.92 Å². The standard InChI is InChI=1S/C15H22O3/c1-8-4-5-11-9(2)12(16)17-15(11)10(8)6-7-14(3)13(15)18-14/h8-11,13H,4-7H2,1-3H3/t8-,9-,10+,11+,13-,14-,15+/m1/s1/i3D3. The van der Waals surface area contributed by atoms with Crippen molar-refractivity contribution >= 4 is 5.97 Å². The fraction of sp³-hybridized carbons (Fsp3) is 0.933. The van der Waals surface area contributed by atoms with E-state index in [1.54, 1.807) is 0 Å². The molecule has 1 spiro atoms. The number of carbonyl (C=O) groups excluding carboxylic acids is 1. The average molecular weight is 253 g/mol. The topological polar surface area (TPSA) is 38.8 Å². The minimum Gasteiger partial charge on any atom is -0.455 e. The highest BCUT2D eigenvalue weighted by Gasteiger charge is 2.76. The van der Waals surface area contributed by atoms with E-state index in [0.29, 0.717) is 12.3 Å². The maximum atomic E-state index is 12.2. The monoisotopic (exact) mass is 253 g/mol. The van der Waals surface area contributed by atoms with Gasteiger partial charge in [-0.25, -0.2) is 0 Å². The summed E-state index contributed by atoms with van der Waals surface area (Å²) in [6, 6.07) is 0. The van der Waals surface area contributed by atoms with E-state index in [4.69, 9.17) is 13.6 Å². The molecule has 7 atom stereocenters. The molecule has 18 heavy (non-hydrogen) atoms. The molecule has 4 rings (SSSR count). The van der Waals surface area contributed by atoms with Crippen LogP contribution in [-0.2, 0) is 14.3 Å². The van der Waals surface area contributed by atoms with E-state index in [-0.39, 0.29) is 23.7 Å². The Morgan fingerprint density at radius 1 is 1.28 bits per heavy atom. The highest BCUT2D eigenvalue weighted by Crippen LogP contribution is 2.66. The second-order valence-corrected chi connectivity index (χ2v) is 6.76. The summed E-state index contributed by atoms with van der Waals surface area (Å²) in [7, 11) is 0. The van der Waals surface area contributed by atoms with Gasteiger partial charge in [0.2, 0.25) is 0 Å². The number of hydrogen-bond acceptors (Lipinski definition) is 3. The minimum atomic E-state index is -2.14. The lowest BCUT2D eigenvalue weighted by Gasteiger charge is -2.49. The molecule has 0 unspecified atom stereocenters. The summed E-state index contributed by atoms with van der Waals surface area (Å²) in [4.78, 5) is 12.2. The Bertz CT molecular complexity index is 505. The maximum Gasteiger partial charge on any atom is 0.309 e. The summed E-state index contributed by atoms with van der Waals surface area (Å²) in [5.74, 6) is 0.500. The van der Waals surface area contributed by atoms with Crippen LogP contribution in [0.15, 0.2) is 0 Å². The van der Waals surface area contributed by atoms with E-state index in [1.807, 2.05) is 6.92 Å². The first-order chi connectivity index (χ1) is 9.74. The predicted molar refractivity (Wildman–Crippen MR) is 65.9 cm³/mol. The molecule has 2 heterocycles. The van der Waals surface area contributed by atoms with Crippen molar-refractivity contribution < 1.29 is 18.4 Å². The van der Waals surface area contributed by atoms with Gasteiger partial charge in [0.05, 0.1) is 11.5 Å². The van der Waals surface area contributed by atoms with Gasteiger partial charge in [0.1, 0.15) is 11.7 Å². The molecule has 0 radical (unpaired) electrons. The summed E-state index contributed by atoms with van der Waals surface area (Å²) < 4.78 is 35.2. The van der Waals surface area contributed by atoms with Crippen LogP contribution in [0.1, 0.15) is 50.5 Å². The molecule has 2 saturated carbocycles. The molecule has 0 amide bonds. The molecule has 4 aliphatic rings. The second-order valence-electron chi connectivity index (χ2n) is 6.76. The Labute approximate surface area is 112 Å². The third-order valence-electron chi connectivity index (χ3n) is 5.96. The third kappa shape index (κ3) is 1.08. The molecule has 2 aliphatic carbocycles. The lowest BCUT2D eigenvalue weighted by atomic mass is 9.55. The first kappa shape index (κ1) is 8.57. The van der Waals surface area contributed by atoms with Crippen molar-refractivity contribution in [3.63, 3.8) is 0 Å². The van der Waals surface area contributed by atoms with Gasteiger partial charge in [-0.1, -0.05) is 13.8 Å². The van der Waals surface area contributed by atoms with Crippen LogP contribution < -0.4 is 0 Å². The fourth-order valence-electron chi connectivity index (χ4n) is 4.96. The van der Waals surface area contributed by atoms with Gasteiger partial charge in [0.15, 0.2) is 0 Å². The van der Waals surface area contributed by atoms with Gasteiger partial charge < -0.3 is 9.47 Å². The SMILES string of the molecule is [2H]C([2H])([2H])[C@@]12CC[C@H]3[C@H](C)CC[C@H]4[C@@H](C)C(=O)O[C@@]34[C@@H]1O2. The average Bonchev–Trinajstić information content (AvgIpc) is 3.10. The fourth-order valence-corrected chi connectivity index (χ4v) is 4.96. The Kier molecular flexibility index (Phi) is 1.48. The van der Waals surface area contributed by atoms with Gasteiger partial charge in [-0.3, -0.25) is 4.79 Å². The van der Waals surface area contributed by atoms with Crippen LogP contribution in [0.3, 0.4) is 0 Å². The van der Waals surface area contributed by atoms with Crippen LogP contribution >= 0.6 is 0 Å². The van der Waals surface area contributed by atoms with Gasteiger partial charge in [-0.05, 0) is 38.5 Å². The molecular weight excluding hydrogens is 228 g/mol. The van der Waals surface area contributed by atoms with Crippen molar-refractivity contribution in [2.45, 2.75) is 63.7 Å². The zero-order valence-electron chi connectivity index (χ0n) is 13.9. The molecule has 0 aromatic rings. The Balaban J connectivity index is 1.79. The number of fused-ring (bicyclic) bond motifs is 1. The highest BCUT2D eigenvalue weighted by atomic mass is 16.7. The Morgan fingerprint density at radius 2 is 2.11 bits per heavy atom. The maximum absolute atomic E-state index is 12.2. The highest BCUT2D eigenvalue weighted by molar-refractivity contribution is 5.76. The van der Waals surface area contributed by atoms with E-state index in [0.717, 1.165) is 19.3 Å². The normalized spacial score (nSPS) is 64.7. The first-order valence-corrected chi connectivity index (χ1v) is 7.15. The zero-order chi connectivity index (χ0) is 15.2. The number of hydrogen-bond donors (Lipinski definition) is 0. The number of epoxide rings is 1. The summed E-state index contributed by atoms with van der Waals surface area (Å²) >= 11 is 0. The van der Waals surface area contributed by atoms with Crippen LogP contribution in [0.4, 0.5) is 0 Å². The van der Waals surface area contributed by atoms with Crippen molar-refractivity contribution in [1.82, 2.24) is 0 Å². The van der Waals surface area contributed by atoms with Crippen molar-refractivity contribution in [1.29, 1.82) is 0 Å². The molecule has 0 bridgehead atoms. The smallest absolute Gasteiger partial charge is 0.309 e. The van der Waals surface area contributed by atoms with Gasteiger partial charge in [-0.2, -0.15) is 0 Å². The van der Waals surface area contributed by atoms with Crippen molar-refractivity contribution in [3.8, 4) is 0 Å². The van der Waals surface area contributed by atoms with Crippen molar-refractivity contribution in [3.05, 3.63) is 0 Å². The number of rotatable bonds is 0. The van der Waals surface area contributed by atoms with Crippen molar-refractivity contribution in [2.24, 2.45) is 23.7 Å². The van der Waals surface area contributed by atoms with Gasteiger partial charge >= 0.3 is 5.97 Å². The zero-order valence-corrected chi connectivity index (χ0v) is 10.9. The minimum absolute atomic E-state index is 0.112. The molecule has 0 N–H and O–H groups in total. The van der Waals surface area contributed by atoms with Crippen LogP contribution in [0.5, 0.6) is 0 Å². The summed E-state index contributed by atoms with van der Waals surface area (Å²) in [5.41, 5.74) is -1.75. The van der Waals surface area contributed by atoms with E-state index < -0.39 is 24.2 Å². The number of esters is 1. The molecule has 3 heteroatoms. The van der Waals surface area contributed by atoms with Crippen molar-refractivity contribution in [2.75, 3.05) is 0 Å². The second kappa shape index (κ2) is 3.12. The molecular formula is C15H22O3. The molecule has 100 valence electrons. The molecule has 3 nitrogen and oxygen atoms in total. The molecule has 2 saturated heterocycles. The summed E-state index contributed by atoms with van der Waals surface area (Å²) in [6.07, 6.45) is 2.93. The molecule has 4 fully saturated rings. The van der Waals surface area contributed by atoms with Gasteiger partial charge in [-0.15, -0.1) is 0 Å². The van der Waals surface area contributed by atoms with E-state index >= 15 is 0 Å². The van der Waals surface area contributed by atoms with Crippen LogP contribution in [0, 0.1) is 23.7 Å². The quantitative estimate of drug-likeness (QED) is 0.492. The lowest BCUT2D eigenvalue weighted by molar-refractivity contribution is -0.168.